The van der Waals surface area contributed by atoms with Gasteiger partial charge in [0.15, 0.2) is 0 Å². The van der Waals surface area contributed by atoms with E-state index in [1.165, 1.54) is 0 Å². The molecule has 1 aliphatic heterocycles. The van der Waals surface area contributed by atoms with Crippen molar-refractivity contribution in [2.45, 2.75) is 18.6 Å². The first-order chi connectivity index (χ1) is 9.24. The maximum atomic E-state index is 6.07. The molecule has 0 saturated carbocycles. The van der Waals surface area contributed by atoms with Crippen molar-refractivity contribution in [3.05, 3.63) is 28.8 Å². The lowest BCUT2D eigenvalue weighted by molar-refractivity contribution is 0.0491. The van der Waals surface area contributed by atoms with Gasteiger partial charge in [0.25, 0.3) is 0 Å². The highest BCUT2D eigenvalue weighted by atomic mass is 35.5. The molecule has 1 aromatic carbocycles. The van der Waals surface area contributed by atoms with Gasteiger partial charge >= 0.3 is 0 Å². The molecule has 106 valence electrons. The third-order valence-corrected chi connectivity index (χ3v) is 4.60. The molecule has 2 atom stereocenters. The van der Waals surface area contributed by atoms with Gasteiger partial charge in [0.2, 0.25) is 0 Å². The monoisotopic (exact) mass is 301 g/mol. The zero-order chi connectivity index (χ0) is 13.7. The van der Waals surface area contributed by atoms with E-state index in [9.17, 15) is 0 Å². The van der Waals surface area contributed by atoms with E-state index >= 15 is 0 Å². The van der Waals surface area contributed by atoms with Crippen LogP contribution >= 0.6 is 23.4 Å². The van der Waals surface area contributed by atoms with Crippen LogP contribution in [0.5, 0.6) is 5.75 Å². The average Bonchev–Trinajstić information content (AvgIpc) is 2.46. The highest BCUT2D eigenvalue weighted by Gasteiger charge is 2.24. The summed E-state index contributed by atoms with van der Waals surface area (Å²) in [5.41, 5.74) is 1.12. The minimum atomic E-state index is 0.243. The Morgan fingerprint density at radius 2 is 2.42 bits per heavy atom. The predicted molar refractivity (Wildman–Crippen MR) is 81.6 cm³/mol. The SMILES string of the molecule is CNC(Cc1cc(Cl)ccc1OC)C1CSCCO1. The van der Waals surface area contributed by atoms with E-state index in [1.807, 2.05) is 37.0 Å². The zero-order valence-corrected chi connectivity index (χ0v) is 12.9. The standard InChI is InChI=1S/C14H20ClNO2S/c1-16-12(14-9-19-6-5-18-14)8-10-7-11(15)3-4-13(10)17-2/h3-4,7,12,14,16H,5-6,8-9H2,1-2H3. The molecule has 0 bridgehead atoms. The predicted octanol–water partition coefficient (Wildman–Crippen LogP) is 2.61. The summed E-state index contributed by atoms with van der Waals surface area (Å²) >= 11 is 8.02. The lowest BCUT2D eigenvalue weighted by Crippen LogP contribution is -2.44. The van der Waals surface area contributed by atoms with Crippen LogP contribution in [0.2, 0.25) is 5.02 Å². The van der Waals surface area contributed by atoms with E-state index in [-0.39, 0.29) is 12.1 Å². The first-order valence-corrected chi connectivity index (χ1v) is 7.97. The molecule has 19 heavy (non-hydrogen) atoms. The number of ether oxygens (including phenoxy) is 2. The van der Waals surface area contributed by atoms with Gasteiger partial charge in [-0.25, -0.2) is 0 Å². The first kappa shape index (κ1) is 15.0. The van der Waals surface area contributed by atoms with Gasteiger partial charge < -0.3 is 14.8 Å². The molecule has 1 fully saturated rings. The molecule has 0 aliphatic carbocycles. The van der Waals surface area contributed by atoms with E-state index in [4.69, 9.17) is 21.1 Å². The van der Waals surface area contributed by atoms with Crippen molar-refractivity contribution in [1.82, 2.24) is 5.32 Å². The molecule has 1 N–H and O–H groups in total. The Kier molecular flexibility index (Phi) is 5.82. The Balaban J connectivity index is 2.10. The third kappa shape index (κ3) is 4.02. The number of hydrogen-bond acceptors (Lipinski definition) is 4. The highest BCUT2D eigenvalue weighted by Crippen LogP contribution is 2.26. The fourth-order valence-electron chi connectivity index (χ4n) is 2.30. The highest BCUT2D eigenvalue weighted by molar-refractivity contribution is 7.99. The summed E-state index contributed by atoms with van der Waals surface area (Å²) in [6.45, 7) is 0.834. The van der Waals surface area contributed by atoms with Gasteiger partial charge in [0, 0.05) is 22.6 Å². The van der Waals surface area contributed by atoms with Crippen molar-refractivity contribution in [2.24, 2.45) is 0 Å². The van der Waals surface area contributed by atoms with Gasteiger partial charge in [-0.1, -0.05) is 11.6 Å². The van der Waals surface area contributed by atoms with Gasteiger partial charge in [-0.05, 0) is 37.2 Å². The fraction of sp³-hybridized carbons (Fsp3) is 0.571. The summed E-state index contributed by atoms with van der Waals surface area (Å²) in [6.07, 6.45) is 1.10. The molecule has 1 aromatic rings. The number of likely N-dealkylation sites (N-methyl/N-ethyl adjacent to an activating group) is 1. The first-order valence-electron chi connectivity index (χ1n) is 6.43. The van der Waals surface area contributed by atoms with Crippen molar-refractivity contribution in [3.8, 4) is 5.75 Å². The number of thioether (sulfide) groups is 1. The molecule has 0 amide bonds. The molecular weight excluding hydrogens is 282 g/mol. The molecule has 2 rings (SSSR count). The summed E-state index contributed by atoms with van der Waals surface area (Å²) in [7, 11) is 3.67. The van der Waals surface area contributed by atoms with E-state index in [0.29, 0.717) is 0 Å². The molecule has 0 aromatic heterocycles. The van der Waals surface area contributed by atoms with E-state index in [1.54, 1.807) is 7.11 Å². The number of nitrogens with one attached hydrogen (secondary N) is 1. The Labute approximate surface area is 124 Å². The summed E-state index contributed by atoms with van der Waals surface area (Å²) in [4.78, 5) is 0. The van der Waals surface area contributed by atoms with Crippen molar-refractivity contribution in [2.75, 3.05) is 32.3 Å². The van der Waals surface area contributed by atoms with Crippen LogP contribution in [-0.2, 0) is 11.2 Å². The lowest BCUT2D eigenvalue weighted by atomic mass is 10.0. The second kappa shape index (κ2) is 7.39. The Hall–Kier alpha value is -0.420. The molecule has 1 heterocycles. The maximum absolute atomic E-state index is 6.07. The minimum Gasteiger partial charge on any atom is -0.496 e. The fourth-order valence-corrected chi connectivity index (χ4v) is 3.44. The second-order valence-corrected chi connectivity index (χ2v) is 6.13. The van der Waals surface area contributed by atoms with Crippen LogP contribution in [0.1, 0.15) is 5.56 Å². The lowest BCUT2D eigenvalue weighted by Gasteiger charge is -2.30. The molecule has 0 radical (unpaired) electrons. The number of halogens is 1. The van der Waals surface area contributed by atoms with Crippen LogP contribution in [-0.4, -0.2) is 44.4 Å². The van der Waals surface area contributed by atoms with E-state index in [0.717, 1.165) is 40.9 Å². The Morgan fingerprint density at radius 1 is 1.58 bits per heavy atom. The number of rotatable bonds is 5. The van der Waals surface area contributed by atoms with E-state index < -0.39 is 0 Å². The summed E-state index contributed by atoms with van der Waals surface area (Å²) in [5.74, 6) is 3.01. The smallest absolute Gasteiger partial charge is 0.122 e. The van der Waals surface area contributed by atoms with Gasteiger partial charge in [-0.2, -0.15) is 11.8 Å². The molecule has 1 saturated heterocycles. The topological polar surface area (TPSA) is 30.5 Å². The normalized spacial score (nSPS) is 21.1. The number of methoxy groups -OCH3 is 1. The average molecular weight is 302 g/mol. The molecule has 1 aliphatic rings. The molecule has 3 nitrogen and oxygen atoms in total. The van der Waals surface area contributed by atoms with Crippen LogP contribution < -0.4 is 10.1 Å². The minimum absolute atomic E-state index is 0.243. The van der Waals surface area contributed by atoms with Gasteiger partial charge in [0.1, 0.15) is 5.75 Å². The van der Waals surface area contributed by atoms with Crippen molar-refractivity contribution >= 4 is 23.4 Å². The largest absolute Gasteiger partial charge is 0.496 e. The Morgan fingerprint density at radius 3 is 3.05 bits per heavy atom. The van der Waals surface area contributed by atoms with Crippen LogP contribution in [0.4, 0.5) is 0 Å². The Bertz CT molecular complexity index is 410. The van der Waals surface area contributed by atoms with Crippen LogP contribution in [0.25, 0.3) is 0 Å². The number of hydrogen-bond donors (Lipinski definition) is 1. The quantitative estimate of drug-likeness (QED) is 0.905. The van der Waals surface area contributed by atoms with Gasteiger partial charge in [-0.15, -0.1) is 0 Å². The molecular formula is C14H20ClNO2S. The molecule has 5 heteroatoms. The second-order valence-electron chi connectivity index (χ2n) is 4.54. The third-order valence-electron chi connectivity index (χ3n) is 3.34. The number of benzene rings is 1. The van der Waals surface area contributed by atoms with Crippen LogP contribution in [0.3, 0.4) is 0 Å². The molecule has 0 spiro atoms. The zero-order valence-electron chi connectivity index (χ0n) is 11.3. The van der Waals surface area contributed by atoms with Crippen molar-refractivity contribution in [1.29, 1.82) is 0 Å². The van der Waals surface area contributed by atoms with Gasteiger partial charge in [-0.3, -0.25) is 0 Å². The van der Waals surface area contributed by atoms with Crippen LogP contribution in [0.15, 0.2) is 18.2 Å². The van der Waals surface area contributed by atoms with E-state index in [2.05, 4.69) is 5.32 Å². The van der Waals surface area contributed by atoms with Crippen LogP contribution in [0, 0.1) is 0 Å². The van der Waals surface area contributed by atoms with Gasteiger partial charge in [0.05, 0.1) is 19.8 Å². The van der Waals surface area contributed by atoms with Crippen molar-refractivity contribution in [3.63, 3.8) is 0 Å². The summed E-state index contributed by atoms with van der Waals surface area (Å²) < 4.78 is 11.3. The molecule has 2 unspecified atom stereocenters. The van der Waals surface area contributed by atoms with Crippen molar-refractivity contribution < 1.29 is 9.47 Å². The summed E-state index contributed by atoms with van der Waals surface area (Å²) in [5, 5.41) is 4.09. The maximum Gasteiger partial charge on any atom is 0.122 e. The summed E-state index contributed by atoms with van der Waals surface area (Å²) in [6, 6.07) is 6.02.